The van der Waals surface area contributed by atoms with Crippen molar-refractivity contribution < 1.29 is 92.6 Å². The van der Waals surface area contributed by atoms with E-state index in [2.05, 4.69) is 11.4 Å². The Labute approximate surface area is 208 Å². The van der Waals surface area contributed by atoms with Gasteiger partial charge in [0.1, 0.15) is 12.7 Å². The van der Waals surface area contributed by atoms with Crippen LogP contribution >= 0.6 is 7.82 Å². The summed E-state index contributed by atoms with van der Waals surface area (Å²) in [4.78, 5) is 31.9. The van der Waals surface area contributed by atoms with E-state index < -0.39 is 26.5 Å². The molecule has 0 rings (SSSR count). The number of aliphatic hydroxyl groups is 1. The van der Waals surface area contributed by atoms with Crippen molar-refractivity contribution in [1.29, 1.82) is 0 Å². The Morgan fingerprint density at radius 3 is 1.78 bits per heavy atom. The predicted molar refractivity (Wildman–Crippen MR) is 91.6 cm³/mol. The van der Waals surface area contributed by atoms with Crippen LogP contribution < -0.4 is 68.9 Å². The standard InChI is InChI=1S/C17H35O7P.2Na/c1-2-3-4-5-6-7-8-9-10-11-12-13-17(19)23-14-16(18)15-24-25(20,21)22;;/h16,18H,2-15H2,1H3,(H2,20,21,22);;/q;2*+1/p-2/t16-;;/m1../s1. The van der Waals surface area contributed by atoms with Gasteiger partial charge in [-0.1, -0.05) is 71.1 Å². The Hall–Kier alpha value is 1.54. The van der Waals surface area contributed by atoms with E-state index in [1.807, 2.05) is 0 Å². The summed E-state index contributed by atoms with van der Waals surface area (Å²) in [5.74, 6) is -0.442. The molecule has 0 spiro atoms. The molecule has 0 aliphatic heterocycles. The van der Waals surface area contributed by atoms with Crippen LogP contribution in [0.4, 0.5) is 0 Å². The molecule has 0 aliphatic carbocycles. The third-order valence-electron chi connectivity index (χ3n) is 3.85. The summed E-state index contributed by atoms with van der Waals surface area (Å²) in [7, 11) is -5.11. The molecule has 0 fully saturated rings. The molecule has 0 heterocycles. The van der Waals surface area contributed by atoms with E-state index in [9.17, 15) is 24.3 Å². The number of carbonyl (C=O) groups is 1. The Morgan fingerprint density at radius 2 is 1.33 bits per heavy atom. The van der Waals surface area contributed by atoms with Gasteiger partial charge in [0.15, 0.2) is 0 Å². The molecule has 0 saturated carbocycles. The van der Waals surface area contributed by atoms with Gasteiger partial charge in [-0.3, -0.25) is 4.79 Å². The van der Waals surface area contributed by atoms with Crippen LogP contribution in [0.2, 0.25) is 0 Å². The Morgan fingerprint density at radius 1 is 0.889 bits per heavy atom. The first-order valence-corrected chi connectivity index (χ1v) is 10.8. The third-order valence-corrected chi connectivity index (χ3v) is 4.31. The second kappa shape index (κ2) is 22.2. The van der Waals surface area contributed by atoms with E-state index in [4.69, 9.17) is 4.74 Å². The normalized spacial score (nSPS) is 12.0. The number of esters is 1. The predicted octanol–water partition coefficient (Wildman–Crippen LogP) is -3.56. The van der Waals surface area contributed by atoms with E-state index in [1.54, 1.807) is 0 Å². The fourth-order valence-corrected chi connectivity index (χ4v) is 2.77. The maximum absolute atomic E-state index is 11.5. The summed E-state index contributed by atoms with van der Waals surface area (Å²) in [6, 6.07) is 0. The first kappa shape index (κ1) is 33.2. The number of rotatable bonds is 17. The van der Waals surface area contributed by atoms with Crippen molar-refractivity contribution >= 4 is 13.8 Å². The van der Waals surface area contributed by atoms with Crippen LogP contribution in [0.25, 0.3) is 0 Å². The van der Waals surface area contributed by atoms with Crippen molar-refractivity contribution in [3.63, 3.8) is 0 Å². The topological polar surface area (TPSA) is 119 Å². The molecule has 0 aromatic heterocycles. The van der Waals surface area contributed by atoms with Crippen molar-refractivity contribution in [3.8, 4) is 0 Å². The first-order chi connectivity index (χ1) is 11.8. The fraction of sp³-hybridized carbons (Fsp3) is 0.941. The number of unbranched alkanes of at least 4 members (excludes halogenated alkanes) is 10. The van der Waals surface area contributed by atoms with Crippen LogP contribution in [0.15, 0.2) is 0 Å². The van der Waals surface area contributed by atoms with Crippen molar-refractivity contribution in [2.75, 3.05) is 13.2 Å². The Bertz CT molecular complexity index is 380. The zero-order valence-electron chi connectivity index (χ0n) is 17.3. The number of hydrogen-bond acceptors (Lipinski definition) is 7. The number of aliphatic hydroxyl groups excluding tert-OH is 1. The molecule has 150 valence electrons. The summed E-state index contributed by atoms with van der Waals surface area (Å²) >= 11 is 0. The molecule has 1 N–H and O–H groups in total. The summed E-state index contributed by atoms with van der Waals surface area (Å²) < 4.78 is 18.9. The van der Waals surface area contributed by atoms with Gasteiger partial charge in [-0.25, -0.2) is 0 Å². The number of ether oxygens (including phenoxy) is 1. The van der Waals surface area contributed by atoms with E-state index in [0.717, 1.165) is 19.3 Å². The molecule has 0 amide bonds. The molecule has 7 nitrogen and oxygen atoms in total. The molecule has 0 bridgehead atoms. The third kappa shape index (κ3) is 27.5. The van der Waals surface area contributed by atoms with Gasteiger partial charge in [-0.15, -0.1) is 0 Å². The zero-order valence-corrected chi connectivity index (χ0v) is 22.2. The summed E-state index contributed by atoms with van der Waals surface area (Å²) in [5.41, 5.74) is 0. The quantitative estimate of drug-likeness (QED) is 0.111. The smallest absolute Gasteiger partial charge is 0.790 e. The van der Waals surface area contributed by atoms with Crippen LogP contribution in [0.3, 0.4) is 0 Å². The molecule has 27 heavy (non-hydrogen) atoms. The summed E-state index contributed by atoms with van der Waals surface area (Å²) in [6.07, 6.45) is 12.0. The van der Waals surface area contributed by atoms with Crippen molar-refractivity contribution in [3.05, 3.63) is 0 Å². The van der Waals surface area contributed by atoms with Gasteiger partial charge in [0, 0.05) is 6.42 Å². The largest absolute Gasteiger partial charge is 1.00 e. The van der Waals surface area contributed by atoms with Gasteiger partial charge < -0.3 is 28.7 Å². The van der Waals surface area contributed by atoms with Crippen molar-refractivity contribution in [1.82, 2.24) is 0 Å². The van der Waals surface area contributed by atoms with E-state index in [0.29, 0.717) is 0 Å². The SMILES string of the molecule is CCCCCCCCCCCCCC(=O)OC[C@@H](O)COP(=O)([O-])[O-].[Na+].[Na+]. The average Bonchev–Trinajstić information content (AvgIpc) is 2.55. The van der Waals surface area contributed by atoms with Gasteiger partial charge in [0.25, 0.3) is 0 Å². The van der Waals surface area contributed by atoms with Gasteiger partial charge in [0.2, 0.25) is 0 Å². The number of carbonyl (C=O) groups excluding carboxylic acids is 1. The molecular formula is C17H33Na2O7P. The molecular weight excluding hydrogens is 393 g/mol. The van der Waals surface area contributed by atoms with E-state index in [-0.39, 0.29) is 72.1 Å². The molecule has 0 aromatic carbocycles. The van der Waals surface area contributed by atoms with Gasteiger partial charge in [-0.2, -0.15) is 0 Å². The molecule has 0 aliphatic rings. The fourth-order valence-electron chi connectivity index (χ4n) is 2.42. The van der Waals surface area contributed by atoms with Crippen LogP contribution in [0.1, 0.15) is 84.0 Å². The number of phosphoric ester groups is 1. The number of hydrogen-bond donors (Lipinski definition) is 1. The maximum Gasteiger partial charge on any atom is 1.00 e. The first-order valence-electron chi connectivity index (χ1n) is 9.35. The van der Waals surface area contributed by atoms with Gasteiger partial charge in [-0.05, 0) is 6.42 Å². The van der Waals surface area contributed by atoms with Crippen molar-refractivity contribution in [2.24, 2.45) is 0 Å². The Kier molecular flexibility index (Phi) is 27.3. The average molecular weight is 426 g/mol. The second-order valence-corrected chi connectivity index (χ2v) is 7.52. The Balaban J connectivity index is -0.00000288. The van der Waals surface area contributed by atoms with Crippen LogP contribution in [0.5, 0.6) is 0 Å². The van der Waals surface area contributed by atoms with E-state index >= 15 is 0 Å². The molecule has 10 heteroatoms. The van der Waals surface area contributed by atoms with Crippen molar-refractivity contribution in [2.45, 2.75) is 90.1 Å². The molecule has 0 unspecified atom stereocenters. The monoisotopic (exact) mass is 426 g/mol. The molecule has 0 aromatic rings. The summed E-state index contributed by atoms with van der Waals surface area (Å²) in [6.45, 7) is 1.14. The molecule has 0 radical (unpaired) electrons. The van der Waals surface area contributed by atoms with Gasteiger partial charge >= 0.3 is 65.1 Å². The minimum Gasteiger partial charge on any atom is -0.790 e. The van der Waals surface area contributed by atoms with Crippen LogP contribution in [0, 0.1) is 0 Å². The summed E-state index contributed by atoms with van der Waals surface area (Å²) in [5, 5.41) is 9.32. The molecule has 1 atom stereocenters. The zero-order chi connectivity index (χ0) is 19.0. The second-order valence-electron chi connectivity index (χ2n) is 6.37. The van der Waals surface area contributed by atoms with Crippen LogP contribution in [-0.4, -0.2) is 30.4 Å². The van der Waals surface area contributed by atoms with E-state index in [1.165, 1.54) is 51.4 Å². The maximum atomic E-state index is 11.5. The van der Waals surface area contributed by atoms with Crippen LogP contribution in [-0.2, 0) is 18.6 Å². The van der Waals surface area contributed by atoms with Gasteiger partial charge in [0.05, 0.1) is 14.4 Å². The minimum atomic E-state index is -5.11. The molecule has 0 saturated heterocycles. The minimum absolute atomic E-state index is 0. The number of phosphoric acid groups is 1.